The molecule has 3 atom stereocenters. The van der Waals surface area contributed by atoms with Crippen LogP contribution >= 0.6 is 23.5 Å². The third-order valence-corrected chi connectivity index (χ3v) is 6.95. The molecule has 1 saturated heterocycles. The Morgan fingerprint density at radius 2 is 2.24 bits per heavy atom. The maximum Gasteiger partial charge on any atom is 0.322 e. The molecule has 2 aliphatic heterocycles. The number of imidazole rings is 1. The van der Waals surface area contributed by atoms with E-state index in [9.17, 15) is 19.5 Å². The fraction of sp³-hybridized carbons (Fsp3) is 0.429. The predicted molar refractivity (Wildman–Crippen MR) is 89.3 cm³/mol. The van der Waals surface area contributed by atoms with Crippen molar-refractivity contribution in [2.75, 3.05) is 6.61 Å². The van der Waals surface area contributed by atoms with E-state index < -0.39 is 40.5 Å². The second-order valence-electron chi connectivity index (χ2n) is 5.59. The fourth-order valence-electron chi connectivity index (χ4n) is 2.88. The number of thioether (sulfide) groups is 2. The minimum absolute atomic E-state index is 0.149. The number of hydrogen-bond acceptors (Lipinski definition) is 7. The van der Waals surface area contributed by atoms with Gasteiger partial charge in [-0.25, -0.2) is 4.98 Å². The summed E-state index contributed by atoms with van der Waals surface area (Å²) in [6, 6.07) is 0. The molecule has 0 spiro atoms. The van der Waals surface area contributed by atoms with Gasteiger partial charge in [-0.2, -0.15) is 0 Å². The molecule has 1 aromatic heterocycles. The highest BCUT2D eigenvalue weighted by Crippen LogP contribution is 2.58. The largest absolute Gasteiger partial charge is 0.481 e. The molecule has 4 N–H and O–H groups in total. The van der Waals surface area contributed by atoms with Crippen LogP contribution < -0.4 is 0 Å². The van der Waals surface area contributed by atoms with Gasteiger partial charge < -0.3 is 25.2 Å². The third-order valence-electron chi connectivity index (χ3n) is 4.14. The van der Waals surface area contributed by atoms with Gasteiger partial charge in [0.2, 0.25) is 5.91 Å². The Balaban J connectivity index is 1.77. The number of carboxylic acids is 2. The van der Waals surface area contributed by atoms with E-state index in [0.717, 1.165) is 0 Å². The monoisotopic (exact) mass is 385 g/mol. The molecule has 1 aromatic rings. The molecule has 2 aliphatic rings. The number of carboxylic acid groups (broad SMARTS) is 2. The smallest absolute Gasteiger partial charge is 0.322 e. The lowest BCUT2D eigenvalue weighted by atomic mass is 9.76. The molecule has 0 aliphatic carbocycles. The Morgan fingerprint density at radius 3 is 2.80 bits per heavy atom. The summed E-state index contributed by atoms with van der Waals surface area (Å²) in [5, 5.41) is 26.7. The molecule has 1 fully saturated rings. The first-order valence-electron chi connectivity index (χ1n) is 7.32. The molecule has 3 rings (SSSR count). The Bertz CT molecular complexity index is 737. The molecule has 0 saturated carbocycles. The number of aliphatic hydroxyl groups is 1. The maximum absolute atomic E-state index is 12.3. The highest BCUT2D eigenvalue weighted by atomic mass is 32.2. The molecule has 0 radical (unpaired) electrons. The highest BCUT2D eigenvalue weighted by Gasteiger charge is 2.67. The Kier molecular flexibility index (Phi) is 4.80. The van der Waals surface area contributed by atoms with Crippen molar-refractivity contribution in [3.8, 4) is 0 Å². The number of nitrogens with one attached hydrogen (secondary N) is 1. The number of fused-ring (bicyclic) bond motifs is 1. The summed E-state index contributed by atoms with van der Waals surface area (Å²) < 4.78 is 0.653. The number of hydrogen-bond donors (Lipinski definition) is 4. The van der Waals surface area contributed by atoms with Gasteiger partial charge in [0.1, 0.15) is 5.37 Å². The SMILES string of the molecule is O=C(O)CC(SC1=CN2C(=O)[C@@](CCO)(C(=O)O)[C@H]2S1)c1cnc[nH]1. The van der Waals surface area contributed by atoms with E-state index in [1.165, 1.54) is 40.9 Å². The van der Waals surface area contributed by atoms with Gasteiger partial charge in [-0.3, -0.25) is 14.4 Å². The van der Waals surface area contributed by atoms with Crippen molar-refractivity contribution >= 4 is 41.4 Å². The Morgan fingerprint density at radius 1 is 1.48 bits per heavy atom. The van der Waals surface area contributed by atoms with Crippen molar-refractivity contribution in [3.05, 3.63) is 28.7 Å². The molecule has 1 amide bonds. The number of rotatable bonds is 8. The lowest BCUT2D eigenvalue weighted by Crippen LogP contribution is -2.67. The average Bonchev–Trinajstić information content (AvgIpc) is 3.19. The number of aromatic amines is 1. The van der Waals surface area contributed by atoms with Crippen LogP contribution in [-0.2, 0) is 14.4 Å². The zero-order valence-electron chi connectivity index (χ0n) is 12.8. The summed E-state index contributed by atoms with van der Waals surface area (Å²) in [4.78, 5) is 43.1. The Labute approximate surface area is 150 Å². The van der Waals surface area contributed by atoms with E-state index in [1.54, 1.807) is 6.20 Å². The van der Waals surface area contributed by atoms with Crippen molar-refractivity contribution in [1.82, 2.24) is 14.9 Å². The van der Waals surface area contributed by atoms with Crippen molar-refractivity contribution in [1.29, 1.82) is 0 Å². The van der Waals surface area contributed by atoms with Crippen LogP contribution in [0.5, 0.6) is 0 Å². The molecule has 11 heteroatoms. The summed E-state index contributed by atoms with van der Waals surface area (Å²) >= 11 is 2.44. The molecule has 9 nitrogen and oxygen atoms in total. The molecule has 134 valence electrons. The number of aliphatic carboxylic acids is 2. The second-order valence-corrected chi connectivity index (χ2v) is 8.22. The lowest BCUT2D eigenvalue weighted by molar-refractivity contribution is -0.176. The van der Waals surface area contributed by atoms with Crippen LogP contribution in [0, 0.1) is 5.41 Å². The van der Waals surface area contributed by atoms with Crippen LogP contribution in [0.15, 0.2) is 23.0 Å². The summed E-state index contributed by atoms with van der Waals surface area (Å²) in [7, 11) is 0. The van der Waals surface area contributed by atoms with Gasteiger partial charge in [-0.1, -0.05) is 11.8 Å². The standard InChI is InChI=1S/C14H15N3O6S2/c18-2-1-14(13(22)23)11(21)17-5-10(25-12(14)17)24-8(3-9(19)20)7-4-15-6-16-7/h4-6,8,12,18H,1-3H2,(H,15,16)(H,19,20)(H,22,23)/t8?,12-,14-/m1/s1. The van der Waals surface area contributed by atoms with Crippen molar-refractivity contribution < 1.29 is 29.7 Å². The molecule has 3 heterocycles. The van der Waals surface area contributed by atoms with E-state index >= 15 is 0 Å². The number of carbonyl (C=O) groups is 3. The first-order chi connectivity index (χ1) is 11.9. The van der Waals surface area contributed by atoms with Gasteiger partial charge in [0.05, 0.1) is 22.2 Å². The maximum atomic E-state index is 12.3. The van der Waals surface area contributed by atoms with Crippen molar-refractivity contribution in [2.24, 2.45) is 5.41 Å². The number of H-pyrrole nitrogens is 1. The van der Waals surface area contributed by atoms with E-state index in [1.807, 2.05) is 0 Å². The number of aromatic nitrogens is 2. The highest BCUT2D eigenvalue weighted by molar-refractivity contribution is 8.22. The van der Waals surface area contributed by atoms with Crippen molar-refractivity contribution in [2.45, 2.75) is 23.5 Å². The summed E-state index contributed by atoms with van der Waals surface area (Å²) in [6.07, 6.45) is 4.24. The normalized spacial score (nSPS) is 26.0. The number of nitrogens with zero attached hydrogens (tertiary/aromatic N) is 2. The molecular weight excluding hydrogens is 370 g/mol. The van der Waals surface area contributed by atoms with Gasteiger partial charge in [0.15, 0.2) is 5.41 Å². The van der Waals surface area contributed by atoms with Gasteiger partial charge in [-0.15, -0.1) is 11.8 Å². The van der Waals surface area contributed by atoms with Crippen LogP contribution in [0.2, 0.25) is 0 Å². The molecule has 0 aromatic carbocycles. The molecule has 25 heavy (non-hydrogen) atoms. The number of β-lactam (4-membered cyclic amide) rings is 1. The van der Waals surface area contributed by atoms with E-state index in [0.29, 0.717) is 9.93 Å². The van der Waals surface area contributed by atoms with E-state index in [4.69, 9.17) is 10.2 Å². The molecular formula is C14H15N3O6S2. The van der Waals surface area contributed by atoms with Crippen LogP contribution in [0.1, 0.15) is 23.8 Å². The summed E-state index contributed by atoms with van der Waals surface area (Å²) in [5.41, 5.74) is -0.997. The first kappa shape index (κ1) is 17.8. The van der Waals surface area contributed by atoms with Crippen molar-refractivity contribution in [3.63, 3.8) is 0 Å². The van der Waals surface area contributed by atoms with Crippen LogP contribution in [-0.4, -0.2) is 60.0 Å². The van der Waals surface area contributed by atoms with E-state index in [-0.39, 0.29) is 12.8 Å². The number of aliphatic hydroxyl groups excluding tert-OH is 1. The van der Waals surface area contributed by atoms with Gasteiger partial charge in [0.25, 0.3) is 0 Å². The summed E-state index contributed by atoms with van der Waals surface area (Å²) in [6.45, 7) is -0.402. The zero-order chi connectivity index (χ0) is 18.2. The Hall–Kier alpha value is -1.98. The lowest BCUT2D eigenvalue weighted by Gasteiger charge is -2.48. The van der Waals surface area contributed by atoms with Gasteiger partial charge in [0, 0.05) is 24.7 Å². The number of amides is 1. The van der Waals surface area contributed by atoms with Crippen LogP contribution in [0.4, 0.5) is 0 Å². The first-order valence-corrected chi connectivity index (χ1v) is 9.08. The zero-order valence-corrected chi connectivity index (χ0v) is 14.4. The average molecular weight is 385 g/mol. The number of carbonyl (C=O) groups excluding carboxylic acids is 1. The topological polar surface area (TPSA) is 144 Å². The van der Waals surface area contributed by atoms with Gasteiger partial charge >= 0.3 is 11.9 Å². The quantitative estimate of drug-likeness (QED) is 0.378. The third kappa shape index (κ3) is 2.92. The fourth-order valence-corrected chi connectivity index (χ4v) is 5.84. The summed E-state index contributed by atoms with van der Waals surface area (Å²) in [5.74, 6) is -2.79. The molecule has 0 bridgehead atoms. The minimum Gasteiger partial charge on any atom is -0.481 e. The molecule has 1 unspecified atom stereocenters. The van der Waals surface area contributed by atoms with Crippen LogP contribution in [0.25, 0.3) is 0 Å². The van der Waals surface area contributed by atoms with Gasteiger partial charge in [-0.05, 0) is 6.42 Å². The van der Waals surface area contributed by atoms with Crippen LogP contribution in [0.3, 0.4) is 0 Å². The minimum atomic E-state index is -1.63. The second kappa shape index (κ2) is 6.73. The van der Waals surface area contributed by atoms with E-state index in [2.05, 4.69) is 9.97 Å². The predicted octanol–water partition coefficient (Wildman–Crippen LogP) is 0.826.